The molecule has 0 radical (unpaired) electrons. The maximum Gasteiger partial charge on any atom is 0.233 e. The molecule has 1 aliphatic heterocycles. The number of rotatable bonds is 9. The van der Waals surface area contributed by atoms with Crippen LogP contribution in [0.25, 0.3) is 0 Å². The smallest absolute Gasteiger partial charge is 0.233 e. The summed E-state index contributed by atoms with van der Waals surface area (Å²) in [4.78, 5) is 19.7. The van der Waals surface area contributed by atoms with Crippen molar-refractivity contribution in [2.24, 2.45) is 5.92 Å². The second-order valence-corrected chi connectivity index (χ2v) is 13.0. The Morgan fingerprint density at radius 2 is 1.90 bits per heavy atom. The number of aryl methyl sites for hydroxylation is 2. The molecule has 0 unspecified atom stereocenters. The van der Waals surface area contributed by atoms with E-state index in [2.05, 4.69) is 47.6 Å². The lowest BCUT2D eigenvalue weighted by atomic mass is 9.99. The average molecular weight is 587 g/mol. The molecule has 0 bridgehead atoms. The van der Waals surface area contributed by atoms with E-state index < -0.39 is 10.0 Å². The van der Waals surface area contributed by atoms with Crippen molar-refractivity contribution in [1.29, 1.82) is 0 Å². The quantitative estimate of drug-likeness (QED) is 0.320. The molecular formula is C27H35ClN8O3S. The van der Waals surface area contributed by atoms with Gasteiger partial charge in [0.25, 0.3) is 0 Å². The van der Waals surface area contributed by atoms with Gasteiger partial charge in [-0.2, -0.15) is 4.98 Å². The Labute approximate surface area is 240 Å². The molecule has 1 aliphatic carbocycles. The van der Waals surface area contributed by atoms with E-state index in [0.717, 1.165) is 68.0 Å². The van der Waals surface area contributed by atoms with Crippen LogP contribution in [0.3, 0.4) is 0 Å². The number of aromatic nitrogens is 4. The summed E-state index contributed by atoms with van der Waals surface area (Å²) >= 11 is 6.36. The van der Waals surface area contributed by atoms with E-state index in [1.807, 2.05) is 6.07 Å². The standard InChI is InChI=1S/C27H35ClN8O3S/c1-35(40(2,38)39)26-24(29-10-11-30-26)15-31-25-23(28)14-32-27(34-25)33-21-8-7-19-5-3-18(4-6-20(19)13-21)16-36-12-9-22(37)17-36/h7-8,10-11,13-14,18,22,37H,3-6,9,12,15-17H2,1-2H3,(H2,31,32,33,34)/t18-,22-/m0/s1. The summed E-state index contributed by atoms with van der Waals surface area (Å²) < 4.78 is 25.1. The predicted octanol–water partition coefficient (Wildman–Crippen LogP) is 3.23. The molecule has 3 aromatic rings. The van der Waals surface area contributed by atoms with Gasteiger partial charge in [-0.05, 0) is 61.3 Å². The van der Waals surface area contributed by atoms with Crippen LogP contribution in [0, 0.1) is 5.92 Å². The van der Waals surface area contributed by atoms with E-state index in [9.17, 15) is 13.5 Å². The fraction of sp³-hybridized carbons (Fsp3) is 0.481. The molecular weight excluding hydrogens is 552 g/mol. The number of sulfonamides is 1. The number of hydrogen-bond acceptors (Lipinski definition) is 10. The molecule has 3 heterocycles. The van der Waals surface area contributed by atoms with E-state index in [1.165, 1.54) is 36.8 Å². The van der Waals surface area contributed by atoms with Crippen LogP contribution in [0.1, 0.15) is 36.1 Å². The lowest BCUT2D eigenvalue weighted by Gasteiger charge is -2.22. The molecule has 11 nitrogen and oxygen atoms in total. The first-order valence-corrected chi connectivity index (χ1v) is 15.7. The van der Waals surface area contributed by atoms with Gasteiger partial charge in [0.1, 0.15) is 10.7 Å². The maximum atomic E-state index is 12.0. The number of nitrogens with zero attached hydrogens (tertiary/aromatic N) is 6. The monoisotopic (exact) mass is 586 g/mol. The van der Waals surface area contributed by atoms with Crippen molar-refractivity contribution in [1.82, 2.24) is 24.8 Å². The predicted molar refractivity (Wildman–Crippen MR) is 157 cm³/mol. The first-order chi connectivity index (χ1) is 19.2. The van der Waals surface area contributed by atoms with E-state index in [4.69, 9.17) is 11.6 Å². The van der Waals surface area contributed by atoms with Gasteiger partial charge in [-0.25, -0.2) is 18.4 Å². The Hall–Kier alpha value is -3.06. The summed E-state index contributed by atoms with van der Waals surface area (Å²) in [5.74, 6) is 1.64. The normalized spacial score (nSPS) is 19.6. The van der Waals surface area contributed by atoms with Gasteiger partial charge in [-0.15, -0.1) is 0 Å². The van der Waals surface area contributed by atoms with Crippen LogP contribution >= 0.6 is 11.6 Å². The number of fused-ring (bicyclic) bond motifs is 1. The third-order valence-corrected chi connectivity index (χ3v) is 9.03. The molecule has 5 rings (SSSR count). The van der Waals surface area contributed by atoms with Gasteiger partial charge in [0, 0.05) is 44.8 Å². The Kier molecular flexibility index (Phi) is 8.69. The number of aliphatic hydroxyl groups is 1. The van der Waals surface area contributed by atoms with Crippen molar-refractivity contribution in [2.45, 2.75) is 44.8 Å². The molecule has 3 N–H and O–H groups in total. The van der Waals surface area contributed by atoms with Crippen molar-refractivity contribution in [3.63, 3.8) is 0 Å². The van der Waals surface area contributed by atoms with Crippen molar-refractivity contribution in [3.8, 4) is 0 Å². The Morgan fingerprint density at radius 3 is 2.65 bits per heavy atom. The molecule has 214 valence electrons. The number of benzene rings is 1. The third kappa shape index (κ3) is 6.98. The Morgan fingerprint density at radius 1 is 1.12 bits per heavy atom. The number of aliphatic hydroxyl groups excluding tert-OH is 1. The number of hydrogen-bond donors (Lipinski definition) is 3. The van der Waals surface area contributed by atoms with Crippen molar-refractivity contribution in [2.75, 3.05) is 47.9 Å². The second kappa shape index (κ2) is 12.2. The number of β-amino-alcohol motifs (C(OH)–C–C–N with tert-alkyl or cyclic N) is 1. The largest absolute Gasteiger partial charge is 0.392 e. The number of nitrogens with one attached hydrogen (secondary N) is 2. The molecule has 13 heteroatoms. The number of halogens is 1. The van der Waals surface area contributed by atoms with Gasteiger partial charge in [0.2, 0.25) is 16.0 Å². The molecule has 1 aromatic carbocycles. The molecule has 1 saturated heterocycles. The fourth-order valence-electron chi connectivity index (χ4n) is 5.32. The van der Waals surface area contributed by atoms with E-state index in [-0.39, 0.29) is 18.5 Å². The van der Waals surface area contributed by atoms with Gasteiger partial charge in [-0.3, -0.25) is 9.29 Å². The van der Waals surface area contributed by atoms with Crippen LogP contribution in [0.5, 0.6) is 0 Å². The molecule has 40 heavy (non-hydrogen) atoms. The lowest BCUT2D eigenvalue weighted by molar-refractivity contribution is 0.168. The highest BCUT2D eigenvalue weighted by Crippen LogP contribution is 2.30. The minimum atomic E-state index is -3.50. The van der Waals surface area contributed by atoms with Crippen LogP contribution in [0.2, 0.25) is 5.02 Å². The molecule has 2 aliphatic rings. The summed E-state index contributed by atoms with van der Waals surface area (Å²) in [5, 5.41) is 16.6. The van der Waals surface area contributed by atoms with Crippen molar-refractivity contribution < 1.29 is 13.5 Å². The first-order valence-electron chi connectivity index (χ1n) is 13.4. The molecule has 1 fully saturated rings. The molecule has 0 spiro atoms. The molecule has 2 atom stereocenters. The van der Waals surface area contributed by atoms with Crippen LogP contribution in [-0.4, -0.2) is 77.4 Å². The topological polar surface area (TPSA) is 136 Å². The second-order valence-electron chi connectivity index (χ2n) is 10.6. The van der Waals surface area contributed by atoms with Crippen LogP contribution in [-0.2, 0) is 29.4 Å². The summed E-state index contributed by atoms with van der Waals surface area (Å²) in [6, 6.07) is 6.41. The summed E-state index contributed by atoms with van der Waals surface area (Å²) in [6.07, 6.45) is 10.7. The zero-order valence-electron chi connectivity index (χ0n) is 22.7. The zero-order valence-corrected chi connectivity index (χ0v) is 24.3. The average Bonchev–Trinajstić information content (AvgIpc) is 3.23. The third-order valence-electron chi connectivity index (χ3n) is 7.59. The van der Waals surface area contributed by atoms with Gasteiger partial charge in [0.05, 0.1) is 25.1 Å². The minimum absolute atomic E-state index is 0.162. The van der Waals surface area contributed by atoms with Crippen LogP contribution < -0.4 is 14.9 Å². The first kappa shape index (κ1) is 28.5. The van der Waals surface area contributed by atoms with Crippen LogP contribution in [0.15, 0.2) is 36.8 Å². The molecule has 0 amide bonds. The minimum Gasteiger partial charge on any atom is -0.392 e. The zero-order chi connectivity index (χ0) is 28.3. The Balaban J connectivity index is 1.24. The Bertz CT molecular complexity index is 1460. The SMILES string of the molecule is CN(c1nccnc1CNc1nc(Nc2ccc3c(c2)CC[C@@H](CN2CC[C@H](O)C2)CC3)ncc1Cl)S(C)(=O)=O. The fourth-order valence-corrected chi connectivity index (χ4v) is 5.95. The highest BCUT2D eigenvalue weighted by atomic mass is 35.5. The highest BCUT2D eigenvalue weighted by Gasteiger charge is 2.25. The number of anilines is 4. The van der Waals surface area contributed by atoms with E-state index in [0.29, 0.717) is 28.4 Å². The van der Waals surface area contributed by atoms with Gasteiger partial charge in [-0.1, -0.05) is 17.7 Å². The maximum absolute atomic E-state index is 12.0. The highest BCUT2D eigenvalue weighted by molar-refractivity contribution is 7.92. The molecule has 2 aromatic heterocycles. The summed E-state index contributed by atoms with van der Waals surface area (Å²) in [5.41, 5.74) is 4.06. The number of likely N-dealkylation sites (tertiary alicyclic amines) is 1. The van der Waals surface area contributed by atoms with Crippen molar-refractivity contribution in [3.05, 3.63) is 58.6 Å². The lowest BCUT2D eigenvalue weighted by Crippen LogP contribution is -2.28. The van der Waals surface area contributed by atoms with E-state index in [1.54, 1.807) is 0 Å². The van der Waals surface area contributed by atoms with E-state index >= 15 is 0 Å². The van der Waals surface area contributed by atoms with Gasteiger partial charge >= 0.3 is 0 Å². The van der Waals surface area contributed by atoms with Crippen molar-refractivity contribution >= 4 is 44.9 Å². The summed E-state index contributed by atoms with van der Waals surface area (Å²) in [6.45, 7) is 3.02. The van der Waals surface area contributed by atoms with Gasteiger partial charge in [0.15, 0.2) is 11.6 Å². The van der Waals surface area contributed by atoms with Crippen LogP contribution in [0.4, 0.5) is 23.3 Å². The summed E-state index contributed by atoms with van der Waals surface area (Å²) in [7, 11) is -2.07. The van der Waals surface area contributed by atoms with Gasteiger partial charge < -0.3 is 20.6 Å². The molecule has 0 saturated carbocycles.